The lowest BCUT2D eigenvalue weighted by molar-refractivity contribution is 0.0995. The van der Waals surface area contributed by atoms with Crippen LogP contribution in [0.5, 0.6) is 0 Å². The third-order valence-electron chi connectivity index (χ3n) is 3.68. The Labute approximate surface area is 114 Å². The highest BCUT2D eigenvalue weighted by Crippen LogP contribution is 2.29. The molecule has 0 saturated carbocycles. The molecule has 104 valence electrons. The first-order chi connectivity index (χ1) is 9.13. The summed E-state index contributed by atoms with van der Waals surface area (Å²) >= 11 is 0. The lowest BCUT2D eigenvalue weighted by Crippen LogP contribution is -2.40. The number of nitrogens with two attached hydrogens (primary N) is 2. The molecule has 1 aliphatic rings. The van der Waals surface area contributed by atoms with Gasteiger partial charge in [-0.05, 0) is 37.8 Å². The average molecular weight is 262 g/mol. The molecule has 1 atom stereocenters. The Hall–Kier alpha value is -1.78. The average Bonchev–Trinajstić information content (AvgIpc) is 2.40. The van der Waals surface area contributed by atoms with Gasteiger partial charge >= 0.3 is 0 Å². The number of primary amides is 1. The van der Waals surface area contributed by atoms with Crippen molar-refractivity contribution in [2.24, 2.45) is 5.73 Å². The van der Waals surface area contributed by atoms with Crippen molar-refractivity contribution < 1.29 is 4.79 Å². The monoisotopic (exact) mass is 262 g/mol. The maximum absolute atomic E-state index is 11.3. The van der Waals surface area contributed by atoms with Crippen molar-refractivity contribution >= 4 is 17.4 Å². The highest BCUT2D eigenvalue weighted by molar-refractivity contribution is 5.91. The summed E-state index contributed by atoms with van der Waals surface area (Å²) in [4.78, 5) is 17.9. The molecule has 2 heterocycles. The molecule has 0 radical (unpaired) electrons. The number of carbonyl (C=O) groups is 1. The zero-order valence-corrected chi connectivity index (χ0v) is 11.4. The molecule has 4 N–H and O–H groups in total. The predicted octanol–water partition coefficient (Wildman–Crippen LogP) is 1.92. The summed E-state index contributed by atoms with van der Waals surface area (Å²) in [6.07, 6.45) is 5.81. The van der Waals surface area contributed by atoms with Gasteiger partial charge in [0.15, 0.2) is 5.82 Å². The van der Waals surface area contributed by atoms with E-state index in [0.717, 1.165) is 38.0 Å². The number of rotatable bonds is 4. The van der Waals surface area contributed by atoms with Gasteiger partial charge in [-0.15, -0.1) is 0 Å². The van der Waals surface area contributed by atoms with Crippen LogP contribution in [0.15, 0.2) is 12.1 Å². The number of hydrogen-bond acceptors (Lipinski definition) is 4. The minimum atomic E-state index is -0.509. The fraction of sp³-hybridized carbons (Fsp3) is 0.571. The van der Waals surface area contributed by atoms with E-state index in [2.05, 4.69) is 16.8 Å². The molecule has 2 rings (SSSR count). The summed E-state index contributed by atoms with van der Waals surface area (Å²) in [7, 11) is 0. The second-order valence-electron chi connectivity index (χ2n) is 5.11. The van der Waals surface area contributed by atoms with Crippen molar-refractivity contribution in [2.45, 2.75) is 45.1 Å². The number of hydrogen-bond donors (Lipinski definition) is 2. The Morgan fingerprint density at radius 1 is 1.47 bits per heavy atom. The number of pyridine rings is 1. The van der Waals surface area contributed by atoms with E-state index in [1.807, 2.05) is 0 Å². The zero-order chi connectivity index (χ0) is 13.8. The van der Waals surface area contributed by atoms with Gasteiger partial charge in [-0.3, -0.25) is 4.79 Å². The number of nitrogen functional groups attached to an aromatic ring is 1. The largest absolute Gasteiger partial charge is 0.396 e. The molecule has 1 aromatic heterocycles. The zero-order valence-electron chi connectivity index (χ0n) is 11.4. The highest BCUT2D eigenvalue weighted by atomic mass is 16.1. The quantitative estimate of drug-likeness (QED) is 0.868. The smallest absolute Gasteiger partial charge is 0.267 e. The lowest BCUT2D eigenvalue weighted by atomic mass is 9.98. The number of carbonyl (C=O) groups excluding carboxylic acids is 1. The Balaban J connectivity index is 2.32. The van der Waals surface area contributed by atoms with Gasteiger partial charge in [0.1, 0.15) is 5.69 Å². The third kappa shape index (κ3) is 2.97. The number of nitrogens with zero attached hydrogens (tertiary/aromatic N) is 2. The molecule has 1 unspecified atom stereocenters. The molecule has 0 bridgehead atoms. The first kappa shape index (κ1) is 13.6. The maximum atomic E-state index is 11.3. The molecule has 5 nitrogen and oxygen atoms in total. The van der Waals surface area contributed by atoms with E-state index in [1.165, 1.54) is 6.42 Å². The van der Waals surface area contributed by atoms with Crippen LogP contribution in [0.1, 0.15) is 49.5 Å². The standard InChI is InChI=1S/C14H22N4O/c1-2-5-10-6-3-4-9-18(10)14-11(15)7-8-12(17-14)13(16)19/h7-8,10H,2-6,9,15H2,1H3,(H2,16,19). The van der Waals surface area contributed by atoms with E-state index in [9.17, 15) is 4.79 Å². The second kappa shape index (κ2) is 5.91. The van der Waals surface area contributed by atoms with E-state index in [0.29, 0.717) is 11.7 Å². The number of anilines is 2. The van der Waals surface area contributed by atoms with Gasteiger partial charge in [-0.1, -0.05) is 13.3 Å². The van der Waals surface area contributed by atoms with Crippen molar-refractivity contribution in [3.05, 3.63) is 17.8 Å². The van der Waals surface area contributed by atoms with Gasteiger partial charge in [0.05, 0.1) is 5.69 Å². The van der Waals surface area contributed by atoms with Crippen molar-refractivity contribution in [1.82, 2.24) is 4.98 Å². The van der Waals surface area contributed by atoms with Crippen LogP contribution < -0.4 is 16.4 Å². The molecule has 0 aromatic carbocycles. The van der Waals surface area contributed by atoms with Crippen molar-refractivity contribution in [1.29, 1.82) is 0 Å². The van der Waals surface area contributed by atoms with Crippen LogP contribution >= 0.6 is 0 Å². The van der Waals surface area contributed by atoms with Gasteiger partial charge in [-0.2, -0.15) is 0 Å². The minimum Gasteiger partial charge on any atom is -0.396 e. The first-order valence-electron chi connectivity index (χ1n) is 6.96. The molecule has 1 amide bonds. The molecule has 1 aromatic rings. The summed E-state index contributed by atoms with van der Waals surface area (Å²) in [5.74, 6) is 0.208. The molecule has 0 aliphatic carbocycles. The van der Waals surface area contributed by atoms with E-state index >= 15 is 0 Å². The highest BCUT2D eigenvalue weighted by Gasteiger charge is 2.24. The molecule has 5 heteroatoms. The molecule has 1 aliphatic heterocycles. The summed E-state index contributed by atoms with van der Waals surface area (Å²) in [5, 5.41) is 0. The van der Waals surface area contributed by atoms with Crippen LogP contribution in [-0.4, -0.2) is 23.5 Å². The summed E-state index contributed by atoms with van der Waals surface area (Å²) in [6, 6.07) is 3.77. The van der Waals surface area contributed by atoms with Gasteiger partial charge in [0.25, 0.3) is 5.91 Å². The fourth-order valence-corrected chi connectivity index (χ4v) is 2.74. The normalized spacial score (nSPS) is 19.4. The Bertz CT molecular complexity index is 459. The van der Waals surface area contributed by atoms with Crippen LogP contribution in [0.4, 0.5) is 11.5 Å². The molecule has 19 heavy (non-hydrogen) atoms. The van der Waals surface area contributed by atoms with Gasteiger partial charge in [0.2, 0.25) is 0 Å². The Kier molecular flexibility index (Phi) is 4.24. The van der Waals surface area contributed by atoms with Crippen molar-refractivity contribution in [3.8, 4) is 0 Å². The van der Waals surface area contributed by atoms with Gasteiger partial charge in [0, 0.05) is 12.6 Å². The third-order valence-corrected chi connectivity index (χ3v) is 3.68. The molecule has 1 saturated heterocycles. The Morgan fingerprint density at radius 3 is 2.95 bits per heavy atom. The van der Waals surface area contributed by atoms with Gasteiger partial charge < -0.3 is 16.4 Å². The second-order valence-corrected chi connectivity index (χ2v) is 5.11. The maximum Gasteiger partial charge on any atom is 0.267 e. The first-order valence-corrected chi connectivity index (χ1v) is 6.96. The van der Waals surface area contributed by atoms with E-state index < -0.39 is 5.91 Å². The SMILES string of the molecule is CCCC1CCCCN1c1nc(C(N)=O)ccc1N. The van der Waals surface area contributed by atoms with E-state index in [1.54, 1.807) is 12.1 Å². The summed E-state index contributed by atoms with van der Waals surface area (Å²) in [5.41, 5.74) is 12.2. The Morgan fingerprint density at radius 2 is 2.26 bits per heavy atom. The lowest BCUT2D eigenvalue weighted by Gasteiger charge is -2.37. The van der Waals surface area contributed by atoms with Crippen LogP contribution in [0, 0.1) is 0 Å². The molecular weight excluding hydrogens is 240 g/mol. The summed E-state index contributed by atoms with van der Waals surface area (Å²) in [6.45, 7) is 3.13. The summed E-state index contributed by atoms with van der Waals surface area (Å²) < 4.78 is 0. The number of amides is 1. The number of piperidine rings is 1. The van der Waals surface area contributed by atoms with Crippen LogP contribution in [-0.2, 0) is 0 Å². The molecule has 0 spiro atoms. The van der Waals surface area contributed by atoms with Crippen LogP contribution in [0.3, 0.4) is 0 Å². The van der Waals surface area contributed by atoms with E-state index in [4.69, 9.17) is 11.5 Å². The van der Waals surface area contributed by atoms with Crippen molar-refractivity contribution in [3.63, 3.8) is 0 Å². The fourth-order valence-electron chi connectivity index (χ4n) is 2.74. The predicted molar refractivity (Wildman–Crippen MR) is 77.1 cm³/mol. The van der Waals surface area contributed by atoms with Gasteiger partial charge in [-0.25, -0.2) is 4.98 Å². The molecule has 1 fully saturated rings. The van der Waals surface area contributed by atoms with Crippen molar-refractivity contribution in [2.75, 3.05) is 17.2 Å². The minimum absolute atomic E-state index is 0.282. The van der Waals surface area contributed by atoms with E-state index in [-0.39, 0.29) is 5.69 Å². The van der Waals surface area contributed by atoms with Crippen LogP contribution in [0.2, 0.25) is 0 Å². The van der Waals surface area contributed by atoms with Crippen LogP contribution in [0.25, 0.3) is 0 Å². The topological polar surface area (TPSA) is 85.2 Å². The number of aromatic nitrogens is 1. The molecular formula is C14H22N4O.